The first kappa shape index (κ1) is 15.3. The fourth-order valence-electron chi connectivity index (χ4n) is 2.73. The molecule has 2 rings (SSSR count). The molecule has 112 valence electrons. The molecule has 0 spiro atoms. The minimum absolute atomic E-state index is 0.0804. The predicted octanol–water partition coefficient (Wildman–Crippen LogP) is 3.11. The maximum atomic E-state index is 12.4. The number of nitrogens with zero attached hydrogens (tertiary/aromatic N) is 1. The van der Waals surface area contributed by atoms with Gasteiger partial charge in [-0.05, 0) is 49.0 Å². The van der Waals surface area contributed by atoms with E-state index >= 15 is 0 Å². The van der Waals surface area contributed by atoms with Gasteiger partial charge in [0.05, 0.1) is 0 Å². The maximum Gasteiger partial charge on any atom is 0.328 e. The first-order valence-corrected chi connectivity index (χ1v) is 7.36. The first-order chi connectivity index (χ1) is 10.0. The fourth-order valence-corrected chi connectivity index (χ4v) is 2.73. The number of carbonyl (C=O) groups excluding carboxylic acids is 1. The van der Waals surface area contributed by atoms with E-state index in [1.165, 1.54) is 6.08 Å². The number of likely N-dealkylation sites (tertiary alicyclic amines) is 1. The van der Waals surface area contributed by atoms with Crippen molar-refractivity contribution in [3.05, 3.63) is 41.0 Å². The minimum Gasteiger partial charge on any atom is -0.478 e. The number of amides is 1. The molecule has 0 aliphatic carbocycles. The van der Waals surface area contributed by atoms with Crippen LogP contribution >= 0.6 is 0 Å². The number of rotatable bonds is 4. The molecule has 1 aromatic rings. The molecule has 1 aliphatic rings. The van der Waals surface area contributed by atoms with Crippen LogP contribution in [0.25, 0.3) is 5.57 Å². The molecule has 0 bridgehead atoms. The second-order valence-electron chi connectivity index (χ2n) is 5.39. The van der Waals surface area contributed by atoms with Crippen LogP contribution in [0.1, 0.15) is 47.7 Å². The molecule has 1 heterocycles. The third kappa shape index (κ3) is 3.51. The average Bonchev–Trinajstić information content (AvgIpc) is 2.98. The summed E-state index contributed by atoms with van der Waals surface area (Å²) in [7, 11) is 0. The van der Waals surface area contributed by atoms with Gasteiger partial charge in [0, 0.05) is 24.7 Å². The highest BCUT2D eigenvalue weighted by atomic mass is 16.4. The predicted molar refractivity (Wildman–Crippen MR) is 82.2 cm³/mol. The molecule has 4 nitrogen and oxygen atoms in total. The van der Waals surface area contributed by atoms with Crippen LogP contribution in [0.15, 0.2) is 24.3 Å². The van der Waals surface area contributed by atoms with E-state index in [2.05, 4.69) is 0 Å². The summed E-state index contributed by atoms with van der Waals surface area (Å²) in [4.78, 5) is 25.1. The number of benzene rings is 1. The van der Waals surface area contributed by atoms with Crippen LogP contribution in [0.2, 0.25) is 0 Å². The third-order valence-electron chi connectivity index (χ3n) is 3.90. The summed E-state index contributed by atoms with van der Waals surface area (Å²) in [6.45, 7) is 5.49. The SMILES string of the molecule is CC/C(=C\C(=O)O)c1ccc(C(=O)N2CCCC2)c(C)c1. The van der Waals surface area contributed by atoms with Crippen LogP contribution in [-0.4, -0.2) is 35.0 Å². The second-order valence-corrected chi connectivity index (χ2v) is 5.39. The van der Waals surface area contributed by atoms with E-state index in [9.17, 15) is 9.59 Å². The highest BCUT2D eigenvalue weighted by Gasteiger charge is 2.21. The number of allylic oxidation sites excluding steroid dienone is 1. The Morgan fingerprint density at radius 2 is 1.95 bits per heavy atom. The van der Waals surface area contributed by atoms with Gasteiger partial charge >= 0.3 is 5.97 Å². The first-order valence-electron chi connectivity index (χ1n) is 7.36. The lowest BCUT2D eigenvalue weighted by Crippen LogP contribution is -2.28. The number of carboxylic acid groups (broad SMARTS) is 1. The molecule has 1 aliphatic heterocycles. The van der Waals surface area contributed by atoms with Gasteiger partial charge in [-0.1, -0.05) is 19.1 Å². The number of hydrogen-bond donors (Lipinski definition) is 1. The normalized spacial score (nSPS) is 15.3. The van der Waals surface area contributed by atoms with Crippen molar-refractivity contribution in [1.29, 1.82) is 0 Å². The lowest BCUT2D eigenvalue weighted by atomic mass is 9.97. The zero-order valence-corrected chi connectivity index (χ0v) is 12.6. The van der Waals surface area contributed by atoms with Gasteiger partial charge in [0.1, 0.15) is 0 Å². The summed E-state index contributed by atoms with van der Waals surface area (Å²) in [6, 6.07) is 5.56. The van der Waals surface area contributed by atoms with Crippen molar-refractivity contribution in [2.75, 3.05) is 13.1 Å². The summed E-state index contributed by atoms with van der Waals surface area (Å²) in [6.07, 6.45) is 4.02. The van der Waals surface area contributed by atoms with Gasteiger partial charge in [-0.2, -0.15) is 0 Å². The van der Waals surface area contributed by atoms with Gasteiger partial charge < -0.3 is 10.0 Å². The summed E-state index contributed by atoms with van der Waals surface area (Å²) >= 11 is 0. The molecule has 1 aromatic carbocycles. The van der Waals surface area contributed by atoms with Gasteiger partial charge in [0.15, 0.2) is 0 Å². The average molecular weight is 287 g/mol. The molecule has 1 N–H and O–H groups in total. The van der Waals surface area contributed by atoms with E-state index in [-0.39, 0.29) is 5.91 Å². The quantitative estimate of drug-likeness (QED) is 0.866. The van der Waals surface area contributed by atoms with Gasteiger partial charge in [-0.15, -0.1) is 0 Å². The summed E-state index contributed by atoms with van der Waals surface area (Å²) in [5.41, 5.74) is 3.25. The molecule has 0 aromatic heterocycles. The monoisotopic (exact) mass is 287 g/mol. The number of carboxylic acids is 1. The lowest BCUT2D eigenvalue weighted by Gasteiger charge is -2.17. The Hall–Kier alpha value is -2.10. The maximum absolute atomic E-state index is 12.4. The van der Waals surface area contributed by atoms with Gasteiger partial charge in [-0.3, -0.25) is 4.79 Å². The van der Waals surface area contributed by atoms with Gasteiger partial charge in [0.2, 0.25) is 0 Å². The van der Waals surface area contributed by atoms with E-state index < -0.39 is 5.97 Å². The Kier molecular flexibility index (Phi) is 4.78. The summed E-state index contributed by atoms with van der Waals surface area (Å²) in [5.74, 6) is -0.862. The van der Waals surface area contributed by atoms with Crippen LogP contribution in [0, 0.1) is 6.92 Å². The third-order valence-corrected chi connectivity index (χ3v) is 3.90. The highest BCUT2D eigenvalue weighted by Crippen LogP contribution is 2.23. The van der Waals surface area contributed by atoms with Crippen molar-refractivity contribution < 1.29 is 14.7 Å². The molecule has 4 heteroatoms. The smallest absolute Gasteiger partial charge is 0.328 e. The van der Waals surface area contributed by atoms with Crippen LogP contribution in [0.3, 0.4) is 0 Å². The number of hydrogen-bond acceptors (Lipinski definition) is 2. The second kappa shape index (κ2) is 6.57. The van der Waals surface area contributed by atoms with Crippen LogP contribution in [0.4, 0.5) is 0 Å². The molecular weight excluding hydrogens is 266 g/mol. The molecule has 1 amide bonds. The summed E-state index contributed by atoms with van der Waals surface area (Å²) in [5, 5.41) is 8.89. The van der Waals surface area contributed by atoms with Crippen LogP contribution < -0.4 is 0 Å². The van der Waals surface area contributed by atoms with Crippen molar-refractivity contribution in [3.63, 3.8) is 0 Å². The van der Waals surface area contributed by atoms with Crippen LogP contribution in [-0.2, 0) is 4.79 Å². The van der Waals surface area contributed by atoms with E-state index in [1.807, 2.05) is 36.9 Å². The van der Waals surface area contributed by atoms with Gasteiger partial charge in [0.25, 0.3) is 5.91 Å². The molecule has 0 unspecified atom stereocenters. The van der Waals surface area contributed by atoms with E-state index in [4.69, 9.17) is 5.11 Å². The lowest BCUT2D eigenvalue weighted by molar-refractivity contribution is -0.131. The Morgan fingerprint density at radius 3 is 2.48 bits per heavy atom. The van der Waals surface area contributed by atoms with E-state index in [1.54, 1.807) is 0 Å². The molecular formula is C17H21NO3. The largest absolute Gasteiger partial charge is 0.478 e. The highest BCUT2D eigenvalue weighted by molar-refractivity contribution is 5.96. The topological polar surface area (TPSA) is 57.6 Å². The van der Waals surface area contributed by atoms with Gasteiger partial charge in [-0.25, -0.2) is 4.79 Å². The molecule has 0 saturated carbocycles. The zero-order chi connectivity index (χ0) is 15.4. The van der Waals surface area contributed by atoms with Crippen molar-refractivity contribution in [3.8, 4) is 0 Å². The van der Waals surface area contributed by atoms with E-state index in [0.717, 1.165) is 42.6 Å². The van der Waals surface area contributed by atoms with Crippen molar-refractivity contribution in [2.24, 2.45) is 0 Å². The molecule has 0 radical (unpaired) electrons. The fraction of sp³-hybridized carbons (Fsp3) is 0.412. The molecule has 0 atom stereocenters. The van der Waals surface area contributed by atoms with Crippen molar-refractivity contribution in [2.45, 2.75) is 33.1 Å². The molecule has 1 saturated heterocycles. The number of aryl methyl sites for hydroxylation is 1. The number of aliphatic carboxylic acids is 1. The Morgan fingerprint density at radius 1 is 1.29 bits per heavy atom. The standard InChI is InChI=1S/C17H21NO3/c1-3-13(11-16(19)20)14-6-7-15(12(2)10-14)17(21)18-8-4-5-9-18/h6-7,10-11H,3-5,8-9H2,1-2H3,(H,19,20)/b13-11+. The Labute approximate surface area is 125 Å². The molecule has 21 heavy (non-hydrogen) atoms. The zero-order valence-electron chi connectivity index (χ0n) is 12.6. The van der Waals surface area contributed by atoms with Crippen molar-refractivity contribution in [1.82, 2.24) is 4.90 Å². The summed E-state index contributed by atoms with van der Waals surface area (Å²) < 4.78 is 0. The van der Waals surface area contributed by atoms with Crippen molar-refractivity contribution >= 4 is 17.4 Å². The van der Waals surface area contributed by atoms with Crippen LogP contribution in [0.5, 0.6) is 0 Å². The Bertz CT molecular complexity index is 584. The van der Waals surface area contributed by atoms with E-state index in [0.29, 0.717) is 12.0 Å². The number of carbonyl (C=O) groups is 2. The molecule has 1 fully saturated rings. The minimum atomic E-state index is -0.943. The Balaban J connectivity index is 2.28.